The van der Waals surface area contributed by atoms with Gasteiger partial charge in [0.25, 0.3) is 0 Å². The Hall–Kier alpha value is -1.73. The average Bonchev–Trinajstić information content (AvgIpc) is 2.89. The van der Waals surface area contributed by atoms with Crippen LogP contribution in [0.5, 0.6) is 0 Å². The van der Waals surface area contributed by atoms with Crippen LogP contribution in [-0.2, 0) is 11.3 Å². The maximum absolute atomic E-state index is 12.0. The third kappa shape index (κ3) is 4.12. The van der Waals surface area contributed by atoms with Crippen molar-refractivity contribution in [3.05, 3.63) is 40.1 Å². The summed E-state index contributed by atoms with van der Waals surface area (Å²) in [6, 6.07) is 5.69. The lowest BCUT2D eigenvalue weighted by Crippen LogP contribution is -2.19. The van der Waals surface area contributed by atoms with Crippen LogP contribution in [0.1, 0.15) is 30.7 Å². The summed E-state index contributed by atoms with van der Waals surface area (Å²) in [5, 5.41) is 20.1. The summed E-state index contributed by atoms with van der Waals surface area (Å²) in [6.07, 6.45) is 1.49. The van der Waals surface area contributed by atoms with E-state index in [1.807, 2.05) is 32.0 Å². The summed E-state index contributed by atoms with van der Waals surface area (Å²) in [5.41, 5.74) is 2.29. The van der Waals surface area contributed by atoms with Gasteiger partial charge in [0, 0.05) is 4.47 Å². The highest BCUT2D eigenvalue weighted by molar-refractivity contribution is 9.10. The molecule has 2 aromatic rings. The van der Waals surface area contributed by atoms with Crippen molar-refractivity contribution in [3.63, 3.8) is 0 Å². The van der Waals surface area contributed by atoms with Gasteiger partial charge in [-0.15, -0.1) is 5.10 Å². The van der Waals surface area contributed by atoms with Gasteiger partial charge >= 0.3 is 0 Å². The summed E-state index contributed by atoms with van der Waals surface area (Å²) >= 11 is 3.41. The zero-order valence-corrected chi connectivity index (χ0v) is 13.5. The third-order valence-corrected chi connectivity index (χ3v) is 3.64. The normalized spacial score (nSPS) is 12.2. The molecule has 1 amide bonds. The first-order valence-corrected chi connectivity index (χ1v) is 7.43. The van der Waals surface area contributed by atoms with Crippen molar-refractivity contribution >= 4 is 27.5 Å². The Labute approximate surface area is 131 Å². The molecule has 1 aromatic carbocycles. The van der Waals surface area contributed by atoms with Crippen LogP contribution < -0.4 is 5.32 Å². The molecular formula is C14H17BrN4O2. The Balaban J connectivity index is 2.00. The van der Waals surface area contributed by atoms with E-state index in [4.69, 9.17) is 0 Å². The Kier molecular flexibility index (Phi) is 5.08. The lowest BCUT2D eigenvalue weighted by Gasteiger charge is -2.08. The van der Waals surface area contributed by atoms with Gasteiger partial charge in [0.2, 0.25) is 5.91 Å². The molecule has 1 heterocycles. The van der Waals surface area contributed by atoms with Crippen molar-refractivity contribution in [1.29, 1.82) is 0 Å². The minimum atomic E-state index is -0.645. The molecular weight excluding hydrogens is 336 g/mol. The number of aromatic nitrogens is 3. The molecule has 0 radical (unpaired) electrons. The van der Waals surface area contributed by atoms with Gasteiger partial charge in [-0.3, -0.25) is 4.79 Å². The molecule has 2 rings (SSSR count). The number of carbonyl (C=O) groups is 1. The zero-order chi connectivity index (χ0) is 15.4. The van der Waals surface area contributed by atoms with E-state index in [2.05, 4.69) is 31.6 Å². The first kappa shape index (κ1) is 15.7. The number of nitrogens with one attached hydrogen (secondary N) is 1. The van der Waals surface area contributed by atoms with Crippen LogP contribution in [0.3, 0.4) is 0 Å². The number of hydrogen-bond acceptors (Lipinski definition) is 4. The second-order valence-corrected chi connectivity index (χ2v) is 5.65. The summed E-state index contributed by atoms with van der Waals surface area (Å²) in [4.78, 5) is 12.0. The number of hydrogen-bond donors (Lipinski definition) is 2. The number of carbonyl (C=O) groups excluding carboxylic acids is 1. The largest absolute Gasteiger partial charge is 0.387 e. The van der Waals surface area contributed by atoms with Gasteiger partial charge in [0.1, 0.15) is 12.2 Å². The number of benzene rings is 1. The van der Waals surface area contributed by atoms with Crippen molar-refractivity contribution in [1.82, 2.24) is 15.0 Å². The highest BCUT2D eigenvalue weighted by atomic mass is 79.9. The molecule has 2 N–H and O–H groups in total. The molecule has 1 atom stereocenters. The first-order valence-electron chi connectivity index (χ1n) is 6.63. The quantitative estimate of drug-likeness (QED) is 0.865. The van der Waals surface area contributed by atoms with Crippen LogP contribution in [0.4, 0.5) is 5.69 Å². The summed E-state index contributed by atoms with van der Waals surface area (Å²) in [7, 11) is 0. The lowest BCUT2D eigenvalue weighted by molar-refractivity contribution is -0.116. The van der Waals surface area contributed by atoms with Gasteiger partial charge in [0.15, 0.2) is 0 Å². The number of rotatable bonds is 5. The molecule has 7 heteroatoms. The second-order valence-electron chi connectivity index (χ2n) is 4.80. The van der Waals surface area contributed by atoms with Crippen molar-refractivity contribution in [3.8, 4) is 0 Å². The molecule has 0 saturated heterocycles. The minimum absolute atomic E-state index is 0.0454. The van der Waals surface area contributed by atoms with Crippen LogP contribution in [0, 0.1) is 6.92 Å². The highest BCUT2D eigenvalue weighted by Crippen LogP contribution is 2.23. The zero-order valence-electron chi connectivity index (χ0n) is 11.9. The number of aryl methyl sites for hydroxylation is 1. The lowest BCUT2D eigenvalue weighted by atomic mass is 10.2. The van der Waals surface area contributed by atoms with E-state index in [1.54, 1.807) is 6.20 Å². The molecule has 0 spiro atoms. The predicted octanol–water partition coefficient (Wildman–Crippen LogP) is 2.43. The third-order valence-electron chi connectivity index (χ3n) is 2.99. The van der Waals surface area contributed by atoms with Crippen molar-refractivity contribution in [2.75, 3.05) is 5.32 Å². The van der Waals surface area contributed by atoms with E-state index in [9.17, 15) is 9.90 Å². The molecule has 112 valence electrons. The van der Waals surface area contributed by atoms with Crippen LogP contribution in [0.15, 0.2) is 28.9 Å². The molecule has 0 aliphatic heterocycles. The smallest absolute Gasteiger partial charge is 0.246 e. The summed E-state index contributed by atoms with van der Waals surface area (Å²) in [5.74, 6) is -0.206. The number of anilines is 1. The van der Waals surface area contributed by atoms with Gasteiger partial charge in [-0.2, -0.15) is 0 Å². The summed E-state index contributed by atoms with van der Waals surface area (Å²) in [6.45, 7) is 3.88. The molecule has 21 heavy (non-hydrogen) atoms. The van der Waals surface area contributed by atoms with E-state index < -0.39 is 6.10 Å². The number of amides is 1. The number of halogens is 1. The number of aliphatic hydroxyl groups excluding tert-OH is 1. The van der Waals surface area contributed by atoms with Crippen molar-refractivity contribution < 1.29 is 9.90 Å². The van der Waals surface area contributed by atoms with E-state index in [0.717, 1.165) is 10.0 Å². The van der Waals surface area contributed by atoms with Gasteiger partial charge in [-0.05, 0) is 47.0 Å². The van der Waals surface area contributed by atoms with E-state index in [1.165, 1.54) is 4.68 Å². The molecule has 0 aliphatic rings. The molecule has 0 bridgehead atoms. The molecule has 0 fully saturated rings. The van der Waals surface area contributed by atoms with Crippen molar-refractivity contribution in [2.24, 2.45) is 0 Å². The standard InChI is InChI=1S/C14H17BrN4O2/c1-3-13(20)12-7-19(18-17-12)8-14(21)16-11-5-4-9(2)6-10(11)15/h4-7,13,20H,3,8H2,1-2H3,(H,16,21). The van der Waals surface area contributed by atoms with Crippen molar-refractivity contribution in [2.45, 2.75) is 32.9 Å². The van der Waals surface area contributed by atoms with Gasteiger partial charge in [0.05, 0.1) is 18.0 Å². The number of aliphatic hydroxyl groups is 1. The second kappa shape index (κ2) is 6.82. The van der Waals surface area contributed by atoms with Crippen LogP contribution in [0.25, 0.3) is 0 Å². The molecule has 1 aromatic heterocycles. The Morgan fingerprint density at radius 2 is 2.29 bits per heavy atom. The SMILES string of the molecule is CCC(O)c1cn(CC(=O)Nc2ccc(C)cc2Br)nn1. The number of nitrogens with zero attached hydrogens (tertiary/aromatic N) is 3. The fraction of sp³-hybridized carbons (Fsp3) is 0.357. The van der Waals surface area contributed by atoms with Gasteiger partial charge in [-0.25, -0.2) is 4.68 Å². The summed E-state index contributed by atoms with van der Waals surface area (Å²) < 4.78 is 2.24. The van der Waals surface area contributed by atoms with E-state index >= 15 is 0 Å². The molecule has 1 unspecified atom stereocenters. The Morgan fingerprint density at radius 3 is 2.95 bits per heavy atom. The first-order chi connectivity index (χ1) is 9.99. The monoisotopic (exact) mass is 352 g/mol. The van der Waals surface area contributed by atoms with Crippen LogP contribution >= 0.6 is 15.9 Å². The fourth-order valence-corrected chi connectivity index (χ4v) is 2.40. The maximum atomic E-state index is 12.0. The highest BCUT2D eigenvalue weighted by Gasteiger charge is 2.12. The fourth-order valence-electron chi connectivity index (χ4n) is 1.81. The predicted molar refractivity (Wildman–Crippen MR) is 82.8 cm³/mol. The van der Waals surface area contributed by atoms with Crippen LogP contribution in [0.2, 0.25) is 0 Å². The molecule has 0 aliphatic carbocycles. The molecule has 0 saturated carbocycles. The Bertz CT molecular complexity index is 642. The van der Waals surface area contributed by atoms with E-state index in [-0.39, 0.29) is 12.5 Å². The average molecular weight is 353 g/mol. The topological polar surface area (TPSA) is 80.0 Å². The van der Waals surface area contributed by atoms with Crippen LogP contribution in [-0.4, -0.2) is 26.0 Å². The van der Waals surface area contributed by atoms with Gasteiger partial charge < -0.3 is 10.4 Å². The minimum Gasteiger partial charge on any atom is -0.387 e. The van der Waals surface area contributed by atoms with E-state index in [0.29, 0.717) is 17.8 Å². The van der Waals surface area contributed by atoms with Gasteiger partial charge in [-0.1, -0.05) is 18.2 Å². The Morgan fingerprint density at radius 1 is 1.52 bits per heavy atom. The molecule has 6 nitrogen and oxygen atoms in total. The maximum Gasteiger partial charge on any atom is 0.246 e.